The molecule has 0 atom stereocenters. The highest BCUT2D eigenvalue weighted by Crippen LogP contribution is 2.27. The van der Waals surface area contributed by atoms with Crippen molar-refractivity contribution in [3.05, 3.63) is 52.9 Å². The lowest BCUT2D eigenvalue weighted by molar-refractivity contribution is 0.767. The zero-order valence-corrected chi connectivity index (χ0v) is 12.1. The Morgan fingerprint density at radius 2 is 2.00 bits per heavy atom. The largest absolute Gasteiger partial charge is 0.365 e. The first-order chi connectivity index (χ1) is 9.24. The Labute approximate surface area is 119 Å². The Kier molecular flexibility index (Phi) is 3.21. The minimum atomic E-state index is 0.715. The van der Waals surface area contributed by atoms with Gasteiger partial charge in [-0.15, -0.1) is 0 Å². The highest BCUT2D eigenvalue weighted by molar-refractivity contribution is 9.10. The maximum atomic E-state index is 4.44. The van der Waals surface area contributed by atoms with E-state index in [-0.39, 0.29) is 0 Å². The van der Waals surface area contributed by atoms with Crippen LogP contribution in [0.25, 0.3) is 10.8 Å². The van der Waals surface area contributed by atoms with Crippen LogP contribution in [0.5, 0.6) is 0 Å². The van der Waals surface area contributed by atoms with E-state index in [2.05, 4.69) is 43.5 Å². The predicted octanol–water partition coefficient (Wildman–Crippen LogP) is 3.34. The van der Waals surface area contributed by atoms with Crippen molar-refractivity contribution in [3.8, 4) is 0 Å². The Hall–Kier alpha value is -1.88. The van der Waals surface area contributed by atoms with Crippen LogP contribution in [0.1, 0.15) is 5.56 Å². The normalized spacial score (nSPS) is 10.8. The molecule has 3 aromatic rings. The van der Waals surface area contributed by atoms with E-state index in [9.17, 15) is 0 Å². The van der Waals surface area contributed by atoms with Crippen LogP contribution in [0.3, 0.4) is 0 Å². The van der Waals surface area contributed by atoms with Crippen molar-refractivity contribution in [2.24, 2.45) is 7.05 Å². The van der Waals surface area contributed by atoms with Crippen LogP contribution < -0.4 is 5.32 Å². The first-order valence-corrected chi connectivity index (χ1v) is 6.78. The predicted molar refractivity (Wildman–Crippen MR) is 80.0 cm³/mol. The summed E-state index contributed by atoms with van der Waals surface area (Å²) >= 11 is 3.53. The number of hydrogen-bond acceptors (Lipinski definition) is 3. The molecular weight excluding hydrogens is 304 g/mol. The molecule has 0 saturated carbocycles. The van der Waals surface area contributed by atoms with Crippen LogP contribution in [0.15, 0.2) is 47.3 Å². The minimum Gasteiger partial charge on any atom is -0.365 e. The van der Waals surface area contributed by atoms with E-state index < -0.39 is 0 Å². The van der Waals surface area contributed by atoms with E-state index in [0.717, 1.165) is 26.6 Å². The molecule has 0 spiro atoms. The van der Waals surface area contributed by atoms with Crippen molar-refractivity contribution in [2.75, 3.05) is 5.32 Å². The second-order valence-electron chi connectivity index (χ2n) is 4.38. The van der Waals surface area contributed by atoms with Crippen molar-refractivity contribution >= 4 is 32.5 Å². The van der Waals surface area contributed by atoms with E-state index in [1.54, 1.807) is 4.68 Å². The molecule has 2 heterocycles. The van der Waals surface area contributed by atoms with Crippen molar-refractivity contribution < 1.29 is 0 Å². The van der Waals surface area contributed by atoms with E-state index in [4.69, 9.17) is 0 Å². The number of pyridine rings is 1. The molecule has 96 valence electrons. The zero-order chi connectivity index (χ0) is 13.2. The van der Waals surface area contributed by atoms with E-state index in [0.29, 0.717) is 6.54 Å². The lowest BCUT2D eigenvalue weighted by atomic mass is 10.1. The van der Waals surface area contributed by atoms with Gasteiger partial charge in [-0.3, -0.25) is 4.68 Å². The number of nitrogens with zero attached hydrogens (tertiary/aromatic N) is 3. The summed E-state index contributed by atoms with van der Waals surface area (Å²) < 4.78 is 2.81. The second-order valence-corrected chi connectivity index (χ2v) is 5.23. The lowest BCUT2D eigenvalue weighted by Gasteiger charge is -2.08. The van der Waals surface area contributed by atoms with Crippen molar-refractivity contribution in [2.45, 2.75) is 6.54 Å². The molecular formula is C14H13BrN4. The van der Waals surface area contributed by atoms with Gasteiger partial charge in [0.15, 0.2) is 0 Å². The van der Waals surface area contributed by atoms with Gasteiger partial charge in [-0.05, 0) is 15.9 Å². The monoisotopic (exact) mass is 316 g/mol. The molecule has 19 heavy (non-hydrogen) atoms. The summed E-state index contributed by atoms with van der Waals surface area (Å²) in [6, 6.07) is 8.19. The minimum absolute atomic E-state index is 0.715. The molecule has 0 saturated heterocycles. The SMILES string of the molecule is Cn1cc(CNc2ncc(Br)c3ccccc23)cn1. The van der Waals surface area contributed by atoms with Gasteiger partial charge in [0.2, 0.25) is 0 Å². The van der Waals surface area contributed by atoms with E-state index in [1.165, 1.54) is 0 Å². The quantitative estimate of drug-likeness (QED) is 0.805. The molecule has 0 aliphatic rings. The summed E-state index contributed by atoms with van der Waals surface area (Å²) in [4.78, 5) is 4.44. The third-order valence-corrected chi connectivity index (χ3v) is 3.60. The van der Waals surface area contributed by atoms with Gasteiger partial charge in [-0.25, -0.2) is 4.98 Å². The Morgan fingerprint density at radius 3 is 2.74 bits per heavy atom. The third-order valence-electron chi connectivity index (χ3n) is 2.96. The fourth-order valence-corrected chi connectivity index (χ4v) is 2.50. The molecule has 2 aromatic heterocycles. The van der Waals surface area contributed by atoms with Gasteiger partial charge in [-0.1, -0.05) is 24.3 Å². The maximum Gasteiger partial charge on any atom is 0.134 e. The number of aromatic nitrogens is 3. The standard InChI is InChI=1S/C14H13BrN4/c1-19-9-10(7-18-19)6-16-14-12-5-3-2-4-11(12)13(15)8-17-14/h2-5,7-9H,6H2,1H3,(H,16,17). The molecule has 0 unspecified atom stereocenters. The summed E-state index contributed by atoms with van der Waals surface area (Å²) in [5, 5.41) is 9.78. The van der Waals surface area contributed by atoms with Crippen LogP contribution in [0, 0.1) is 0 Å². The number of rotatable bonds is 3. The summed E-state index contributed by atoms with van der Waals surface area (Å²) in [5.41, 5.74) is 1.14. The van der Waals surface area contributed by atoms with Crippen LogP contribution in [-0.4, -0.2) is 14.8 Å². The number of anilines is 1. The average molecular weight is 317 g/mol. The number of hydrogen-bond donors (Lipinski definition) is 1. The Morgan fingerprint density at radius 1 is 1.21 bits per heavy atom. The third kappa shape index (κ3) is 2.46. The summed E-state index contributed by atoms with van der Waals surface area (Å²) in [7, 11) is 1.91. The number of halogens is 1. The smallest absolute Gasteiger partial charge is 0.134 e. The average Bonchev–Trinajstić information content (AvgIpc) is 2.84. The Bertz CT molecular complexity index is 720. The van der Waals surface area contributed by atoms with Crippen LogP contribution in [0.2, 0.25) is 0 Å². The van der Waals surface area contributed by atoms with Gasteiger partial charge in [-0.2, -0.15) is 5.10 Å². The molecule has 0 amide bonds. The fraction of sp³-hybridized carbons (Fsp3) is 0.143. The van der Waals surface area contributed by atoms with Gasteiger partial charge in [0.1, 0.15) is 5.82 Å². The molecule has 0 bridgehead atoms. The van der Waals surface area contributed by atoms with Crippen LogP contribution >= 0.6 is 15.9 Å². The van der Waals surface area contributed by atoms with Crippen LogP contribution in [0.4, 0.5) is 5.82 Å². The maximum absolute atomic E-state index is 4.44. The fourth-order valence-electron chi connectivity index (χ4n) is 2.05. The van der Waals surface area contributed by atoms with Gasteiger partial charge >= 0.3 is 0 Å². The Balaban J connectivity index is 1.91. The molecule has 4 nitrogen and oxygen atoms in total. The molecule has 0 aliphatic heterocycles. The highest BCUT2D eigenvalue weighted by atomic mass is 79.9. The molecule has 0 aliphatic carbocycles. The lowest BCUT2D eigenvalue weighted by Crippen LogP contribution is -2.01. The van der Waals surface area contributed by atoms with E-state index >= 15 is 0 Å². The molecule has 0 radical (unpaired) electrons. The number of aryl methyl sites for hydroxylation is 1. The van der Waals surface area contributed by atoms with Gasteiger partial charge in [0.25, 0.3) is 0 Å². The molecule has 1 N–H and O–H groups in total. The summed E-state index contributed by atoms with van der Waals surface area (Å²) in [6.07, 6.45) is 5.68. The molecule has 1 aromatic carbocycles. The first-order valence-electron chi connectivity index (χ1n) is 5.98. The van der Waals surface area contributed by atoms with Gasteiger partial charge in [0, 0.05) is 46.8 Å². The van der Waals surface area contributed by atoms with Gasteiger partial charge < -0.3 is 5.32 Å². The number of fused-ring (bicyclic) bond motifs is 1. The molecule has 5 heteroatoms. The van der Waals surface area contributed by atoms with Crippen molar-refractivity contribution in [3.63, 3.8) is 0 Å². The molecule has 0 fully saturated rings. The second kappa shape index (κ2) is 5.01. The first kappa shape index (κ1) is 12.2. The van der Waals surface area contributed by atoms with Crippen molar-refractivity contribution in [1.29, 1.82) is 0 Å². The highest BCUT2D eigenvalue weighted by Gasteiger charge is 2.05. The van der Waals surface area contributed by atoms with E-state index in [1.807, 2.05) is 37.8 Å². The van der Waals surface area contributed by atoms with Crippen LogP contribution in [-0.2, 0) is 13.6 Å². The number of benzene rings is 1. The van der Waals surface area contributed by atoms with Gasteiger partial charge in [0.05, 0.1) is 6.20 Å². The topological polar surface area (TPSA) is 42.7 Å². The molecule has 3 rings (SSSR count). The number of nitrogens with one attached hydrogen (secondary N) is 1. The summed E-state index contributed by atoms with van der Waals surface area (Å²) in [5.74, 6) is 0.891. The zero-order valence-electron chi connectivity index (χ0n) is 10.5. The van der Waals surface area contributed by atoms with Crippen molar-refractivity contribution in [1.82, 2.24) is 14.8 Å². The summed E-state index contributed by atoms with van der Waals surface area (Å²) in [6.45, 7) is 0.715.